The number of alkyl halides is 2. The number of amides is 1. The number of aromatic nitrogens is 3. The van der Waals surface area contributed by atoms with Crippen molar-refractivity contribution in [3.05, 3.63) is 35.8 Å². The minimum absolute atomic E-state index is 0.0897. The molecule has 6 rings (SSSR count). The molecule has 1 aliphatic carbocycles. The monoisotopic (exact) mass is 475 g/mol. The van der Waals surface area contributed by atoms with E-state index < -0.39 is 30.7 Å². The van der Waals surface area contributed by atoms with Gasteiger partial charge in [-0.05, 0) is 12.8 Å². The number of carbonyl (C=O) groups is 1. The summed E-state index contributed by atoms with van der Waals surface area (Å²) in [5, 5.41) is 11.3. The molecular formula is C21H20F3N7O3. The van der Waals surface area contributed by atoms with Gasteiger partial charge in [-0.2, -0.15) is 9.61 Å². The summed E-state index contributed by atoms with van der Waals surface area (Å²) in [6, 6.07) is 4.18. The van der Waals surface area contributed by atoms with Crippen molar-refractivity contribution in [3.63, 3.8) is 0 Å². The molecule has 1 spiro atoms. The molecule has 4 heterocycles. The lowest BCUT2D eigenvalue weighted by Gasteiger charge is -2.38. The quantitative estimate of drug-likeness (QED) is 0.517. The predicted octanol–water partition coefficient (Wildman–Crippen LogP) is 2.55. The fourth-order valence-electron chi connectivity index (χ4n) is 4.04. The van der Waals surface area contributed by atoms with Crippen molar-refractivity contribution in [1.82, 2.24) is 25.0 Å². The van der Waals surface area contributed by atoms with Gasteiger partial charge in [0.05, 0.1) is 25.0 Å². The molecular weight excluding hydrogens is 455 g/mol. The number of hydrogen-bond donors (Lipinski definition) is 3. The lowest BCUT2D eigenvalue weighted by molar-refractivity contribution is -0.144. The highest BCUT2D eigenvalue weighted by molar-refractivity contribution is 6.00. The molecule has 3 aliphatic rings. The first kappa shape index (κ1) is 20.8. The summed E-state index contributed by atoms with van der Waals surface area (Å²) in [7, 11) is 1.66. The molecule has 10 nitrogen and oxygen atoms in total. The van der Waals surface area contributed by atoms with E-state index in [1.165, 1.54) is 22.8 Å². The smallest absolute Gasteiger partial charge is 0.276 e. The number of benzene rings is 1. The predicted molar refractivity (Wildman–Crippen MR) is 114 cm³/mol. The number of nitrogens with one attached hydrogen (secondary N) is 3. The van der Waals surface area contributed by atoms with Crippen molar-refractivity contribution >= 4 is 28.9 Å². The van der Waals surface area contributed by atoms with Crippen LogP contribution in [0, 0.1) is 5.82 Å². The normalized spacial score (nSPS) is 19.5. The van der Waals surface area contributed by atoms with Crippen molar-refractivity contribution in [2.45, 2.75) is 24.4 Å². The van der Waals surface area contributed by atoms with Crippen LogP contribution < -0.4 is 25.5 Å². The van der Waals surface area contributed by atoms with E-state index in [0.717, 1.165) is 17.9 Å². The molecule has 0 unspecified atom stereocenters. The van der Waals surface area contributed by atoms with E-state index >= 15 is 0 Å². The molecule has 34 heavy (non-hydrogen) atoms. The topological polar surface area (TPSA) is 105 Å². The third kappa shape index (κ3) is 3.52. The van der Waals surface area contributed by atoms with Crippen LogP contribution in [0.15, 0.2) is 24.4 Å². The Morgan fingerprint density at radius 1 is 1.21 bits per heavy atom. The molecule has 0 bridgehead atoms. The van der Waals surface area contributed by atoms with E-state index in [1.54, 1.807) is 13.1 Å². The molecule has 178 valence electrons. The molecule has 3 aromatic rings. The summed E-state index contributed by atoms with van der Waals surface area (Å²) >= 11 is 0. The van der Waals surface area contributed by atoms with Gasteiger partial charge in [0.25, 0.3) is 11.8 Å². The van der Waals surface area contributed by atoms with E-state index in [0.29, 0.717) is 29.6 Å². The fraction of sp³-hybridized carbons (Fsp3) is 0.381. The van der Waals surface area contributed by atoms with Crippen LogP contribution in [0.5, 0.6) is 11.5 Å². The van der Waals surface area contributed by atoms with Gasteiger partial charge in [-0.25, -0.2) is 23.2 Å². The molecule has 2 fully saturated rings. The van der Waals surface area contributed by atoms with Gasteiger partial charge < -0.3 is 20.1 Å². The zero-order valence-electron chi connectivity index (χ0n) is 18.0. The van der Waals surface area contributed by atoms with Crippen LogP contribution >= 0.6 is 0 Å². The largest absolute Gasteiger partial charge is 0.483 e. The Hall–Kier alpha value is -3.74. The van der Waals surface area contributed by atoms with Crippen molar-refractivity contribution in [2.24, 2.45) is 0 Å². The number of nitrogens with zero attached hydrogens (tertiary/aromatic N) is 4. The molecule has 1 saturated carbocycles. The first-order chi connectivity index (χ1) is 16.2. The Labute approximate surface area is 191 Å². The second kappa shape index (κ2) is 7.13. The second-order valence-electron chi connectivity index (χ2n) is 8.70. The highest BCUT2D eigenvalue weighted by Gasteiger charge is 2.50. The maximum atomic E-state index is 14.3. The maximum absolute atomic E-state index is 14.3. The van der Waals surface area contributed by atoms with E-state index in [2.05, 4.69) is 26.1 Å². The first-order valence-electron chi connectivity index (χ1n) is 10.7. The van der Waals surface area contributed by atoms with Gasteiger partial charge >= 0.3 is 0 Å². The third-order valence-electron chi connectivity index (χ3n) is 5.97. The van der Waals surface area contributed by atoms with Crippen molar-refractivity contribution in [1.29, 1.82) is 0 Å². The Morgan fingerprint density at radius 2 is 2.00 bits per heavy atom. The third-order valence-corrected chi connectivity index (χ3v) is 5.97. The standard InChI is InChI=1S/C21H20F3N7O3/c1-25-16-6-15(27-13-4-11(22)5-14-17(13)33-10-20(34-14)2-3-20)28-18-12(7-26-31(16)18)19(32)29-30-8-21(23,24)9-30/h4-7,25H,2-3,8-10H2,1H3,(H,27,28)(H,29,32). The molecule has 3 N–H and O–H groups in total. The molecule has 1 saturated heterocycles. The van der Waals surface area contributed by atoms with Crippen LogP contribution in [-0.2, 0) is 0 Å². The van der Waals surface area contributed by atoms with E-state index in [1.807, 2.05) is 0 Å². The van der Waals surface area contributed by atoms with Gasteiger partial charge in [0.2, 0.25) is 0 Å². The molecule has 1 aromatic carbocycles. The van der Waals surface area contributed by atoms with Gasteiger partial charge in [0.1, 0.15) is 35.2 Å². The van der Waals surface area contributed by atoms with Crippen LogP contribution in [0.4, 0.5) is 30.5 Å². The van der Waals surface area contributed by atoms with Gasteiger partial charge in [-0.1, -0.05) is 0 Å². The Bertz CT molecular complexity index is 1320. The zero-order chi connectivity index (χ0) is 23.7. The highest BCUT2D eigenvalue weighted by Crippen LogP contribution is 2.50. The molecule has 2 aromatic heterocycles. The molecule has 2 aliphatic heterocycles. The van der Waals surface area contributed by atoms with Crippen molar-refractivity contribution < 1.29 is 27.4 Å². The Balaban J connectivity index is 1.32. The van der Waals surface area contributed by atoms with Gasteiger partial charge in [-0.3, -0.25) is 10.2 Å². The summed E-state index contributed by atoms with van der Waals surface area (Å²) in [5.74, 6) is -2.49. The van der Waals surface area contributed by atoms with Crippen molar-refractivity contribution in [2.75, 3.05) is 37.4 Å². The summed E-state index contributed by atoms with van der Waals surface area (Å²) in [4.78, 5) is 17.2. The van der Waals surface area contributed by atoms with Crippen molar-refractivity contribution in [3.8, 4) is 11.5 Å². The minimum Gasteiger partial charge on any atom is -0.483 e. The van der Waals surface area contributed by atoms with Crippen LogP contribution in [0.2, 0.25) is 0 Å². The summed E-state index contributed by atoms with van der Waals surface area (Å²) in [6.45, 7) is -0.751. The van der Waals surface area contributed by atoms with Crippen LogP contribution in [0.25, 0.3) is 5.65 Å². The lowest BCUT2D eigenvalue weighted by atomic mass is 10.2. The average Bonchev–Trinajstić information content (AvgIpc) is 3.36. The average molecular weight is 475 g/mol. The fourth-order valence-corrected chi connectivity index (χ4v) is 4.04. The number of ether oxygens (including phenoxy) is 2. The lowest BCUT2D eigenvalue weighted by Crippen LogP contribution is -2.62. The number of hydrazine groups is 1. The molecule has 0 atom stereocenters. The Kier molecular flexibility index (Phi) is 4.37. The number of fused-ring (bicyclic) bond motifs is 2. The van der Waals surface area contributed by atoms with Crippen LogP contribution in [0.3, 0.4) is 0 Å². The first-order valence-corrected chi connectivity index (χ1v) is 10.7. The highest BCUT2D eigenvalue weighted by atomic mass is 19.3. The Morgan fingerprint density at radius 3 is 2.71 bits per heavy atom. The van der Waals surface area contributed by atoms with E-state index in [-0.39, 0.29) is 22.6 Å². The molecule has 1 amide bonds. The van der Waals surface area contributed by atoms with E-state index in [4.69, 9.17) is 9.47 Å². The van der Waals surface area contributed by atoms with Gasteiger partial charge in [-0.15, -0.1) is 0 Å². The molecule has 0 radical (unpaired) electrons. The second-order valence-corrected chi connectivity index (χ2v) is 8.70. The number of halogens is 3. The number of carbonyl (C=O) groups excluding carboxylic acids is 1. The number of rotatable bonds is 5. The molecule has 13 heteroatoms. The van der Waals surface area contributed by atoms with E-state index in [9.17, 15) is 18.0 Å². The zero-order valence-corrected chi connectivity index (χ0v) is 18.0. The summed E-state index contributed by atoms with van der Waals surface area (Å²) < 4.78 is 53.8. The SMILES string of the molecule is CNc1cc(Nc2cc(F)cc3c2OCC2(CC2)O3)nc2c(C(=O)NN3CC(F)(F)C3)cnn12. The van der Waals surface area contributed by atoms with Gasteiger partial charge in [0, 0.05) is 25.2 Å². The number of hydrogen-bond acceptors (Lipinski definition) is 8. The van der Waals surface area contributed by atoms with Gasteiger partial charge in [0.15, 0.2) is 17.1 Å². The van der Waals surface area contributed by atoms with Crippen LogP contribution in [-0.4, -0.2) is 63.8 Å². The summed E-state index contributed by atoms with van der Waals surface area (Å²) in [5.41, 5.74) is 2.65. The minimum atomic E-state index is -2.82. The summed E-state index contributed by atoms with van der Waals surface area (Å²) in [6.07, 6.45) is 3.02. The van der Waals surface area contributed by atoms with Crippen LogP contribution in [0.1, 0.15) is 23.2 Å². The maximum Gasteiger partial charge on any atom is 0.276 e. The number of anilines is 3.